The third-order valence-corrected chi connectivity index (χ3v) is 6.86. The van der Waals surface area contributed by atoms with Crippen LogP contribution in [0.15, 0.2) is 64.0 Å². The van der Waals surface area contributed by atoms with Gasteiger partial charge in [-0.3, -0.25) is 0 Å². The van der Waals surface area contributed by atoms with Gasteiger partial charge in [-0.25, -0.2) is 8.42 Å². The fraction of sp³-hybridized carbons (Fsp3) is 0.176. The summed E-state index contributed by atoms with van der Waals surface area (Å²) in [5.41, 5.74) is 6.70. The van der Waals surface area contributed by atoms with E-state index in [4.69, 9.17) is 5.73 Å². The standard InChI is InChI=1S/C17H17BrN4O2S2/c18-14-6-8-15(9-7-14)26(23,24)22(12-16-20-21-17(19)25-16)11-10-13-4-2-1-3-5-13/h1-9H,10-12H2,(H2,19,21). The molecule has 1 heterocycles. The zero-order valence-electron chi connectivity index (χ0n) is 13.7. The lowest BCUT2D eigenvalue weighted by atomic mass is 10.1. The highest BCUT2D eigenvalue weighted by Gasteiger charge is 2.25. The second-order valence-corrected chi connectivity index (χ2v) is 9.51. The quantitative estimate of drug-likeness (QED) is 0.593. The third-order valence-electron chi connectivity index (χ3n) is 3.74. The molecule has 0 spiro atoms. The topological polar surface area (TPSA) is 89.2 Å². The zero-order chi connectivity index (χ0) is 18.6. The summed E-state index contributed by atoms with van der Waals surface area (Å²) in [6.07, 6.45) is 0.602. The lowest BCUT2D eigenvalue weighted by molar-refractivity contribution is 0.408. The number of nitrogens with zero attached hydrogens (tertiary/aromatic N) is 3. The molecule has 0 fully saturated rings. The summed E-state index contributed by atoms with van der Waals surface area (Å²) in [6.45, 7) is 0.474. The number of anilines is 1. The van der Waals surface area contributed by atoms with Gasteiger partial charge in [0.15, 0.2) is 0 Å². The van der Waals surface area contributed by atoms with Crippen molar-refractivity contribution in [2.24, 2.45) is 0 Å². The van der Waals surface area contributed by atoms with E-state index in [1.54, 1.807) is 24.3 Å². The maximum atomic E-state index is 13.1. The van der Waals surface area contributed by atoms with Gasteiger partial charge in [0, 0.05) is 11.0 Å². The first kappa shape index (κ1) is 19.0. The second kappa shape index (κ2) is 8.26. The van der Waals surface area contributed by atoms with Crippen molar-refractivity contribution in [2.75, 3.05) is 12.3 Å². The molecule has 0 unspecified atom stereocenters. The molecular formula is C17H17BrN4O2S2. The van der Waals surface area contributed by atoms with Gasteiger partial charge >= 0.3 is 0 Å². The molecule has 0 amide bonds. The predicted octanol–water partition coefficient (Wildman–Crippen LogP) is 3.32. The molecule has 136 valence electrons. The Morgan fingerprint density at radius 2 is 1.73 bits per heavy atom. The van der Waals surface area contributed by atoms with Crippen molar-refractivity contribution in [2.45, 2.75) is 17.9 Å². The number of benzene rings is 2. The van der Waals surface area contributed by atoms with Gasteiger partial charge in [0.25, 0.3) is 0 Å². The van der Waals surface area contributed by atoms with Crippen molar-refractivity contribution in [3.05, 3.63) is 69.6 Å². The molecule has 2 N–H and O–H groups in total. The number of aromatic nitrogens is 2. The molecule has 0 aliphatic heterocycles. The van der Waals surface area contributed by atoms with E-state index in [0.29, 0.717) is 23.1 Å². The van der Waals surface area contributed by atoms with Crippen LogP contribution in [-0.2, 0) is 23.0 Å². The highest BCUT2D eigenvalue weighted by Crippen LogP contribution is 2.22. The van der Waals surface area contributed by atoms with Crippen molar-refractivity contribution < 1.29 is 8.42 Å². The summed E-state index contributed by atoms with van der Waals surface area (Å²) in [5, 5.41) is 8.62. The summed E-state index contributed by atoms with van der Waals surface area (Å²) < 4.78 is 28.5. The van der Waals surface area contributed by atoms with Crippen LogP contribution in [0.25, 0.3) is 0 Å². The molecule has 3 rings (SSSR count). The van der Waals surface area contributed by atoms with Crippen molar-refractivity contribution in [3.63, 3.8) is 0 Å². The van der Waals surface area contributed by atoms with Crippen LogP contribution < -0.4 is 5.73 Å². The molecule has 2 aromatic carbocycles. The van der Waals surface area contributed by atoms with Crippen molar-refractivity contribution in [1.82, 2.24) is 14.5 Å². The number of hydrogen-bond acceptors (Lipinski definition) is 6. The number of halogens is 1. The van der Waals surface area contributed by atoms with E-state index < -0.39 is 10.0 Å². The number of sulfonamides is 1. The first-order valence-corrected chi connectivity index (χ1v) is 10.9. The van der Waals surface area contributed by atoms with Crippen molar-refractivity contribution in [3.8, 4) is 0 Å². The molecule has 0 atom stereocenters. The number of rotatable bonds is 7. The van der Waals surface area contributed by atoms with Crippen molar-refractivity contribution >= 4 is 42.4 Å². The average Bonchev–Trinajstić information content (AvgIpc) is 3.04. The predicted molar refractivity (Wildman–Crippen MR) is 106 cm³/mol. The summed E-state index contributed by atoms with van der Waals surface area (Å²) in [4.78, 5) is 0.242. The maximum Gasteiger partial charge on any atom is 0.243 e. The van der Waals surface area contributed by atoms with Gasteiger partial charge in [-0.1, -0.05) is 57.6 Å². The van der Waals surface area contributed by atoms with Crippen LogP contribution in [0.4, 0.5) is 5.13 Å². The first-order chi connectivity index (χ1) is 12.4. The summed E-state index contributed by atoms with van der Waals surface area (Å²) in [7, 11) is -3.67. The van der Waals surface area contributed by atoms with E-state index >= 15 is 0 Å². The minimum Gasteiger partial charge on any atom is -0.374 e. The van der Waals surface area contributed by atoms with Gasteiger partial charge in [-0.2, -0.15) is 4.31 Å². The zero-order valence-corrected chi connectivity index (χ0v) is 17.0. The Morgan fingerprint density at radius 3 is 2.35 bits per heavy atom. The van der Waals surface area contributed by atoms with Crippen LogP contribution in [0.1, 0.15) is 10.6 Å². The molecule has 0 aliphatic rings. The Hall–Kier alpha value is -1.81. The maximum absolute atomic E-state index is 13.1. The van der Waals surface area contributed by atoms with E-state index in [1.165, 1.54) is 15.6 Å². The fourth-order valence-electron chi connectivity index (χ4n) is 2.42. The summed E-state index contributed by atoms with van der Waals surface area (Å²) in [5.74, 6) is 0. The highest BCUT2D eigenvalue weighted by molar-refractivity contribution is 9.10. The molecule has 0 saturated heterocycles. The Kier molecular flexibility index (Phi) is 6.02. The Balaban J connectivity index is 1.86. The van der Waals surface area contributed by atoms with Crippen LogP contribution in [0.3, 0.4) is 0 Å². The van der Waals surface area contributed by atoms with Gasteiger partial charge in [0.05, 0.1) is 11.4 Å². The molecule has 0 radical (unpaired) electrons. The number of nitrogens with two attached hydrogens (primary N) is 1. The molecule has 26 heavy (non-hydrogen) atoms. The monoisotopic (exact) mass is 452 g/mol. The highest BCUT2D eigenvalue weighted by atomic mass is 79.9. The molecule has 0 aliphatic carbocycles. The van der Waals surface area contributed by atoms with E-state index in [9.17, 15) is 8.42 Å². The summed E-state index contributed by atoms with van der Waals surface area (Å²) >= 11 is 4.52. The van der Waals surface area contributed by atoms with Crippen LogP contribution in [0, 0.1) is 0 Å². The lowest BCUT2D eigenvalue weighted by Crippen LogP contribution is -2.32. The number of hydrogen-bond donors (Lipinski definition) is 1. The van der Waals surface area contributed by atoms with E-state index in [-0.39, 0.29) is 11.4 Å². The van der Waals surface area contributed by atoms with Crippen molar-refractivity contribution in [1.29, 1.82) is 0 Å². The molecular weight excluding hydrogens is 436 g/mol. The molecule has 0 bridgehead atoms. The molecule has 0 saturated carbocycles. The summed E-state index contributed by atoms with van der Waals surface area (Å²) in [6, 6.07) is 16.4. The van der Waals surface area contributed by atoms with Gasteiger partial charge < -0.3 is 5.73 Å². The van der Waals surface area contributed by atoms with Gasteiger partial charge in [-0.05, 0) is 36.2 Å². The van der Waals surface area contributed by atoms with Crippen LogP contribution in [0.5, 0.6) is 0 Å². The van der Waals surface area contributed by atoms with E-state index in [2.05, 4.69) is 26.1 Å². The average molecular weight is 453 g/mol. The van der Waals surface area contributed by atoms with E-state index in [0.717, 1.165) is 10.0 Å². The van der Waals surface area contributed by atoms with Gasteiger partial charge in [-0.15, -0.1) is 10.2 Å². The van der Waals surface area contributed by atoms with Gasteiger partial charge in [0.2, 0.25) is 15.2 Å². The molecule has 9 heteroatoms. The normalized spacial score (nSPS) is 11.8. The van der Waals surface area contributed by atoms with Crippen LogP contribution in [0.2, 0.25) is 0 Å². The Bertz CT molecular complexity index is 960. The SMILES string of the molecule is Nc1nnc(CN(CCc2ccccc2)S(=O)(=O)c2ccc(Br)cc2)s1. The van der Waals surface area contributed by atoms with Crippen LogP contribution >= 0.6 is 27.3 Å². The van der Waals surface area contributed by atoms with Gasteiger partial charge in [0.1, 0.15) is 5.01 Å². The van der Waals surface area contributed by atoms with E-state index in [1.807, 2.05) is 30.3 Å². The smallest absolute Gasteiger partial charge is 0.243 e. The first-order valence-electron chi connectivity index (χ1n) is 7.82. The number of nitrogen functional groups attached to an aromatic ring is 1. The Morgan fingerprint density at radius 1 is 1.04 bits per heavy atom. The van der Waals surface area contributed by atoms with Crippen LogP contribution in [-0.4, -0.2) is 29.5 Å². The third kappa shape index (κ3) is 4.67. The minimum atomic E-state index is -3.67. The molecule has 1 aromatic heterocycles. The fourth-order valence-corrected chi connectivity index (χ4v) is 4.79. The lowest BCUT2D eigenvalue weighted by Gasteiger charge is -2.21. The molecule has 3 aromatic rings. The second-order valence-electron chi connectivity index (χ2n) is 5.56. The Labute approximate surface area is 164 Å². The largest absolute Gasteiger partial charge is 0.374 e. The molecule has 6 nitrogen and oxygen atoms in total. The minimum absolute atomic E-state index is 0.139.